The largest absolute Gasteiger partial charge is 0.395 e. The second-order valence-corrected chi connectivity index (χ2v) is 6.34. The van der Waals surface area contributed by atoms with Gasteiger partial charge in [-0.3, -0.25) is 0 Å². The average molecular weight is 321 g/mol. The second-order valence-electron chi connectivity index (χ2n) is 6.34. The zero-order valence-corrected chi connectivity index (χ0v) is 13.2. The van der Waals surface area contributed by atoms with E-state index in [9.17, 15) is 9.18 Å². The maximum Gasteiger partial charge on any atom is 0.317 e. The number of aliphatic hydroxyl groups excluding tert-OH is 1. The van der Waals surface area contributed by atoms with Crippen molar-refractivity contribution >= 4 is 11.7 Å². The van der Waals surface area contributed by atoms with Gasteiger partial charge in [-0.1, -0.05) is 6.07 Å². The van der Waals surface area contributed by atoms with Gasteiger partial charge in [0, 0.05) is 37.4 Å². The van der Waals surface area contributed by atoms with Crippen LogP contribution in [0.4, 0.5) is 14.9 Å². The first-order valence-electron chi connectivity index (χ1n) is 8.36. The second kappa shape index (κ2) is 7.17. The molecule has 0 atom stereocenters. The number of carbonyl (C=O) groups is 1. The number of carbonyl (C=O) groups excluding carboxylic acids is 1. The van der Waals surface area contributed by atoms with E-state index in [0.29, 0.717) is 12.6 Å². The molecule has 1 aliphatic carbocycles. The summed E-state index contributed by atoms with van der Waals surface area (Å²) in [5.74, 6) is -0.220. The summed E-state index contributed by atoms with van der Waals surface area (Å²) in [7, 11) is 0. The van der Waals surface area contributed by atoms with Crippen molar-refractivity contribution in [2.75, 3.05) is 31.1 Å². The lowest BCUT2D eigenvalue weighted by molar-refractivity contribution is 0.169. The summed E-state index contributed by atoms with van der Waals surface area (Å²) in [6.45, 7) is 2.01. The van der Waals surface area contributed by atoms with E-state index < -0.39 is 0 Å². The summed E-state index contributed by atoms with van der Waals surface area (Å²) in [6, 6.07) is 7.02. The van der Waals surface area contributed by atoms with Crippen LogP contribution in [0.1, 0.15) is 25.7 Å². The van der Waals surface area contributed by atoms with Crippen molar-refractivity contribution in [3.8, 4) is 0 Å². The molecule has 3 rings (SSSR count). The molecule has 1 aliphatic heterocycles. The number of piperidine rings is 1. The molecule has 0 unspecified atom stereocenters. The molecular weight excluding hydrogens is 297 g/mol. The summed E-state index contributed by atoms with van der Waals surface area (Å²) >= 11 is 0. The molecule has 23 heavy (non-hydrogen) atoms. The first-order chi connectivity index (χ1) is 11.2. The van der Waals surface area contributed by atoms with E-state index in [1.807, 2.05) is 6.07 Å². The number of nitrogens with zero attached hydrogens (tertiary/aromatic N) is 2. The van der Waals surface area contributed by atoms with Gasteiger partial charge in [-0.2, -0.15) is 0 Å². The van der Waals surface area contributed by atoms with Crippen molar-refractivity contribution in [3.63, 3.8) is 0 Å². The Balaban J connectivity index is 1.49. The van der Waals surface area contributed by atoms with E-state index >= 15 is 0 Å². The Morgan fingerprint density at radius 3 is 2.65 bits per heavy atom. The third kappa shape index (κ3) is 4.13. The van der Waals surface area contributed by atoms with Crippen molar-refractivity contribution in [2.45, 2.75) is 37.8 Å². The molecule has 2 fully saturated rings. The summed E-state index contributed by atoms with van der Waals surface area (Å²) in [6.07, 6.45) is 3.76. The van der Waals surface area contributed by atoms with Gasteiger partial charge in [0.1, 0.15) is 5.82 Å². The van der Waals surface area contributed by atoms with Crippen molar-refractivity contribution in [1.29, 1.82) is 0 Å². The predicted molar refractivity (Wildman–Crippen MR) is 87.0 cm³/mol. The fourth-order valence-electron chi connectivity index (χ4n) is 3.16. The third-order valence-electron chi connectivity index (χ3n) is 4.59. The summed E-state index contributed by atoms with van der Waals surface area (Å²) in [4.78, 5) is 16.2. The Morgan fingerprint density at radius 1 is 1.30 bits per heavy atom. The number of benzene rings is 1. The predicted octanol–water partition coefficient (Wildman–Crippen LogP) is 1.96. The smallest absolute Gasteiger partial charge is 0.317 e. The lowest BCUT2D eigenvalue weighted by Gasteiger charge is -2.35. The summed E-state index contributed by atoms with van der Waals surface area (Å²) < 4.78 is 13.3. The van der Waals surface area contributed by atoms with Gasteiger partial charge in [0.15, 0.2) is 0 Å². The molecule has 1 saturated heterocycles. The maximum absolute atomic E-state index is 13.3. The van der Waals surface area contributed by atoms with E-state index in [-0.39, 0.29) is 24.5 Å². The van der Waals surface area contributed by atoms with Crippen LogP contribution in [0.5, 0.6) is 0 Å². The number of anilines is 1. The highest BCUT2D eigenvalue weighted by molar-refractivity contribution is 5.75. The van der Waals surface area contributed by atoms with Gasteiger partial charge >= 0.3 is 6.03 Å². The molecule has 1 heterocycles. The van der Waals surface area contributed by atoms with Gasteiger partial charge in [0.2, 0.25) is 0 Å². The molecule has 2 N–H and O–H groups in total. The lowest BCUT2D eigenvalue weighted by atomic mass is 10.0. The summed E-state index contributed by atoms with van der Waals surface area (Å²) in [5, 5.41) is 12.2. The van der Waals surface area contributed by atoms with Gasteiger partial charge in [-0.15, -0.1) is 0 Å². The Hall–Kier alpha value is -1.82. The van der Waals surface area contributed by atoms with Crippen LogP contribution in [0.25, 0.3) is 0 Å². The first kappa shape index (κ1) is 16.1. The quantitative estimate of drug-likeness (QED) is 0.872. The van der Waals surface area contributed by atoms with Crippen molar-refractivity contribution in [2.24, 2.45) is 0 Å². The van der Waals surface area contributed by atoms with E-state index in [4.69, 9.17) is 5.11 Å². The Kier molecular flexibility index (Phi) is 5.00. The van der Waals surface area contributed by atoms with Crippen LogP contribution < -0.4 is 10.2 Å². The minimum absolute atomic E-state index is 0.00192. The molecule has 2 amide bonds. The molecule has 2 aliphatic rings. The number of hydrogen-bond donors (Lipinski definition) is 2. The minimum atomic E-state index is -0.220. The minimum Gasteiger partial charge on any atom is -0.395 e. The number of amides is 2. The van der Waals surface area contributed by atoms with E-state index in [2.05, 4.69) is 10.2 Å². The van der Waals surface area contributed by atoms with Crippen LogP contribution in [0.3, 0.4) is 0 Å². The standard InChI is InChI=1S/C17H24FN3O2/c18-13-2-1-3-16(12-13)20-8-6-14(7-9-20)19-17(23)21(10-11-22)15-4-5-15/h1-3,12,14-15,22H,4-11H2,(H,19,23). The number of urea groups is 1. The van der Waals surface area contributed by atoms with Crippen molar-refractivity contribution < 1.29 is 14.3 Å². The van der Waals surface area contributed by atoms with Crippen LogP contribution >= 0.6 is 0 Å². The first-order valence-corrected chi connectivity index (χ1v) is 8.36. The number of nitrogens with one attached hydrogen (secondary N) is 1. The molecule has 6 heteroatoms. The van der Waals surface area contributed by atoms with Crippen LogP contribution in [0.2, 0.25) is 0 Å². The lowest BCUT2D eigenvalue weighted by Crippen LogP contribution is -2.50. The van der Waals surface area contributed by atoms with Gasteiger partial charge < -0.3 is 20.2 Å². The molecule has 1 saturated carbocycles. The van der Waals surface area contributed by atoms with Crippen LogP contribution in [-0.2, 0) is 0 Å². The Bertz CT molecular complexity index is 542. The SMILES string of the molecule is O=C(NC1CCN(c2cccc(F)c2)CC1)N(CCO)C1CC1. The molecular formula is C17H24FN3O2. The molecule has 1 aromatic rings. The Morgan fingerprint density at radius 2 is 2.04 bits per heavy atom. The molecule has 5 nitrogen and oxygen atoms in total. The van der Waals surface area contributed by atoms with Gasteiger partial charge in [0.25, 0.3) is 0 Å². The third-order valence-corrected chi connectivity index (χ3v) is 4.59. The fraction of sp³-hybridized carbons (Fsp3) is 0.588. The van der Waals surface area contributed by atoms with Crippen LogP contribution in [0, 0.1) is 5.82 Å². The van der Waals surface area contributed by atoms with Gasteiger partial charge in [0.05, 0.1) is 6.61 Å². The highest BCUT2D eigenvalue weighted by Crippen LogP contribution is 2.27. The number of halogens is 1. The zero-order chi connectivity index (χ0) is 16.2. The molecule has 126 valence electrons. The molecule has 0 aromatic heterocycles. The van der Waals surface area contributed by atoms with E-state index in [1.54, 1.807) is 17.0 Å². The normalized spacial score (nSPS) is 18.8. The van der Waals surface area contributed by atoms with Crippen LogP contribution in [0.15, 0.2) is 24.3 Å². The maximum atomic E-state index is 13.3. The highest BCUT2D eigenvalue weighted by Gasteiger charge is 2.33. The molecule has 0 spiro atoms. The molecule has 0 radical (unpaired) electrons. The molecule has 0 bridgehead atoms. The van der Waals surface area contributed by atoms with Gasteiger partial charge in [-0.05, 0) is 43.9 Å². The monoisotopic (exact) mass is 321 g/mol. The fourth-order valence-corrected chi connectivity index (χ4v) is 3.16. The van der Waals surface area contributed by atoms with Crippen molar-refractivity contribution in [3.05, 3.63) is 30.1 Å². The molecule has 1 aromatic carbocycles. The van der Waals surface area contributed by atoms with E-state index in [0.717, 1.165) is 44.5 Å². The van der Waals surface area contributed by atoms with Gasteiger partial charge in [-0.25, -0.2) is 9.18 Å². The average Bonchev–Trinajstić information content (AvgIpc) is 3.38. The Labute approximate surface area is 136 Å². The number of hydrogen-bond acceptors (Lipinski definition) is 3. The summed E-state index contributed by atoms with van der Waals surface area (Å²) in [5.41, 5.74) is 0.898. The topological polar surface area (TPSA) is 55.8 Å². The number of rotatable bonds is 5. The zero-order valence-electron chi connectivity index (χ0n) is 13.2. The highest BCUT2D eigenvalue weighted by atomic mass is 19.1. The van der Waals surface area contributed by atoms with Crippen molar-refractivity contribution in [1.82, 2.24) is 10.2 Å². The number of aliphatic hydroxyl groups is 1. The van der Waals surface area contributed by atoms with Crippen LogP contribution in [-0.4, -0.2) is 54.4 Å². The van der Waals surface area contributed by atoms with E-state index in [1.165, 1.54) is 6.07 Å².